The van der Waals surface area contributed by atoms with Crippen molar-refractivity contribution in [3.8, 4) is 0 Å². The Morgan fingerprint density at radius 3 is 2.25 bits per heavy atom. The number of hydrogen-bond donors (Lipinski definition) is 1. The van der Waals surface area contributed by atoms with E-state index in [9.17, 15) is 28.8 Å². The van der Waals surface area contributed by atoms with Crippen molar-refractivity contribution >= 4 is 70.1 Å². The maximum atomic E-state index is 14.2. The molecule has 5 heterocycles. The number of hydrogen-bond acceptors (Lipinski definition) is 12. The van der Waals surface area contributed by atoms with Gasteiger partial charge in [0.1, 0.15) is 12.7 Å². The van der Waals surface area contributed by atoms with E-state index in [2.05, 4.69) is 9.56 Å². The van der Waals surface area contributed by atoms with Crippen molar-refractivity contribution in [2.24, 2.45) is 0 Å². The summed E-state index contributed by atoms with van der Waals surface area (Å²) in [5, 5.41) is 1.78. The zero-order valence-corrected chi connectivity index (χ0v) is 31.3. The van der Waals surface area contributed by atoms with Crippen molar-refractivity contribution in [1.29, 1.82) is 0 Å². The fourth-order valence-electron chi connectivity index (χ4n) is 8.43. The van der Waals surface area contributed by atoms with E-state index in [1.807, 2.05) is 71.8 Å². The van der Waals surface area contributed by atoms with Gasteiger partial charge in [-0.2, -0.15) is 0 Å². The van der Waals surface area contributed by atoms with Gasteiger partial charge in [0.05, 0.1) is 39.3 Å². The van der Waals surface area contributed by atoms with Crippen molar-refractivity contribution in [1.82, 2.24) is 9.88 Å². The van der Waals surface area contributed by atoms with Crippen LogP contribution in [0.2, 0.25) is 0 Å². The third-order valence-electron chi connectivity index (χ3n) is 10.5. The Bertz CT molecular complexity index is 2460. The van der Waals surface area contributed by atoms with Crippen molar-refractivity contribution in [3.63, 3.8) is 0 Å². The fraction of sp³-hybridized carbons (Fsp3) is 0.341. The molecule has 3 aromatic rings. The molecule has 6 atom stereocenters. The third-order valence-corrected chi connectivity index (χ3v) is 10.5. The van der Waals surface area contributed by atoms with Crippen LogP contribution in [0.15, 0.2) is 54.6 Å². The van der Waals surface area contributed by atoms with Crippen molar-refractivity contribution in [3.05, 3.63) is 87.5 Å². The number of aromatic nitrogens is 1. The number of nitrogens with one attached hydrogen (secondary N) is 1. The summed E-state index contributed by atoms with van der Waals surface area (Å²) in [5.74, 6) is -3.82. The monoisotopic (exact) mass is 763 g/mol. The maximum Gasteiger partial charge on any atom is 0.303 e. The van der Waals surface area contributed by atoms with Crippen LogP contribution >= 0.6 is 0 Å². The average molecular weight is 764 g/mol. The van der Waals surface area contributed by atoms with E-state index in [4.69, 9.17) is 23.7 Å². The minimum absolute atomic E-state index is 0.221. The number of carbonyl (C=O) groups is 6. The topological polar surface area (TPSA) is 174 Å². The van der Waals surface area contributed by atoms with Gasteiger partial charge in [0, 0.05) is 57.0 Å². The van der Waals surface area contributed by atoms with E-state index in [1.54, 1.807) is 0 Å². The van der Waals surface area contributed by atoms with E-state index in [-0.39, 0.29) is 11.1 Å². The molecular weight excluding hydrogens is 724 g/mol. The van der Waals surface area contributed by atoms with Crippen molar-refractivity contribution < 1.29 is 57.0 Å². The molecule has 5 aliphatic rings. The average Bonchev–Trinajstić information content (AvgIpc) is 3.77. The Kier molecular flexibility index (Phi) is 9.19. The number of fused-ring (bicyclic) bond motifs is 9. The molecule has 15 heteroatoms. The van der Waals surface area contributed by atoms with Gasteiger partial charge in [-0.3, -0.25) is 33.7 Å². The second kappa shape index (κ2) is 14.1. The van der Waals surface area contributed by atoms with Crippen LogP contribution in [0, 0.1) is 0 Å². The first-order chi connectivity index (χ1) is 26.8. The summed E-state index contributed by atoms with van der Waals surface area (Å²) in [5.41, 5.74) is 4.06. The molecule has 56 heavy (non-hydrogen) atoms. The smallest absolute Gasteiger partial charge is 0.303 e. The summed E-state index contributed by atoms with van der Waals surface area (Å²) in [6.07, 6.45) is 4.52. The molecule has 2 amide bonds. The first kappa shape index (κ1) is 36.6. The first-order valence-corrected chi connectivity index (χ1v) is 18.2. The number of ether oxygens (including phenoxy) is 5. The van der Waals surface area contributed by atoms with Gasteiger partial charge in [-0.1, -0.05) is 54.6 Å². The van der Waals surface area contributed by atoms with E-state index in [1.165, 1.54) is 20.9 Å². The highest BCUT2D eigenvalue weighted by Crippen LogP contribution is 2.44. The normalized spacial score (nSPS) is 24.5. The molecule has 1 saturated heterocycles. The summed E-state index contributed by atoms with van der Waals surface area (Å²) in [4.78, 5) is 85.0. The number of aromatic amines is 1. The summed E-state index contributed by atoms with van der Waals surface area (Å²) in [7, 11) is 1.45. The van der Waals surface area contributed by atoms with Crippen LogP contribution in [0.25, 0.3) is 22.6 Å². The molecule has 0 radical (unpaired) electrons. The summed E-state index contributed by atoms with van der Waals surface area (Å²) >= 11 is 0. The zero-order chi connectivity index (χ0) is 39.6. The number of benzene rings is 2. The lowest BCUT2D eigenvalue weighted by Gasteiger charge is -2.49. The molecule has 2 aromatic carbocycles. The van der Waals surface area contributed by atoms with Crippen LogP contribution in [-0.4, -0.2) is 107 Å². The number of nitrogens with zero attached hydrogens (tertiary/aromatic N) is 3. The standard InChI is InChI=1S/C41H38N4O11/c1-20(46)52-19-29-36(53-21(2)47)37(54-22(3)48)38(55-23(4)49)41(56-29)45-28-14-10-9-13-25(28)31-33-32(39(50)43(5)40(33)51)30-26-18-44(17-24-11-7-6-8-12-24)16-15-27(26)42-34(30)35(31)45/h6-16,28-29,36-38,41H,17-19H2,1-5H3/p+1/t28?,29-,36-,37+,38-,41-/m1/s1. The van der Waals surface area contributed by atoms with Crippen LogP contribution in [0.3, 0.4) is 0 Å². The molecule has 0 bridgehead atoms. The number of H-pyrrole nitrogens is 1. The Hall–Kier alpha value is -6.35. The largest absolute Gasteiger partial charge is 0.463 e. The van der Waals surface area contributed by atoms with Crippen molar-refractivity contribution in [2.45, 2.75) is 77.5 Å². The van der Waals surface area contributed by atoms with Gasteiger partial charge in [-0.05, 0) is 5.57 Å². The Morgan fingerprint density at radius 1 is 0.875 bits per heavy atom. The summed E-state index contributed by atoms with van der Waals surface area (Å²) < 4.78 is 31.6. The number of rotatable bonds is 8. The van der Waals surface area contributed by atoms with Crippen LogP contribution in [-0.2, 0) is 56.0 Å². The highest BCUT2D eigenvalue weighted by atomic mass is 16.7. The number of esters is 4. The molecule has 15 nitrogen and oxygen atoms in total. The highest BCUT2D eigenvalue weighted by Gasteiger charge is 2.57. The third kappa shape index (κ3) is 6.08. The van der Waals surface area contributed by atoms with Gasteiger partial charge in [0.25, 0.3) is 11.8 Å². The molecule has 1 unspecified atom stereocenters. The van der Waals surface area contributed by atoms with Gasteiger partial charge in [-0.25, -0.2) is 4.58 Å². The molecule has 0 spiro atoms. The fourth-order valence-corrected chi connectivity index (χ4v) is 8.43. The quantitative estimate of drug-likeness (QED) is 0.152. The molecule has 1 fully saturated rings. The lowest BCUT2D eigenvalue weighted by Crippen LogP contribution is -2.67. The van der Waals surface area contributed by atoms with E-state index < -0.39 is 79.0 Å². The number of imide groups is 1. The van der Waals surface area contributed by atoms with Gasteiger partial charge in [-0.15, -0.1) is 0 Å². The second-order valence-electron chi connectivity index (χ2n) is 14.3. The van der Waals surface area contributed by atoms with Gasteiger partial charge >= 0.3 is 23.9 Å². The molecule has 288 valence electrons. The molecule has 4 aliphatic heterocycles. The molecule has 1 aromatic heterocycles. The van der Waals surface area contributed by atoms with Gasteiger partial charge in [0.15, 0.2) is 43.8 Å². The van der Waals surface area contributed by atoms with Crippen LogP contribution in [0.5, 0.6) is 0 Å². The predicted octanol–water partition coefficient (Wildman–Crippen LogP) is 1.52. The minimum Gasteiger partial charge on any atom is -0.463 e. The molecular formula is C41H39N4O11+. The first-order valence-electron chi connectivity index (χ1n) is 18.2. The SMILES string of the molecule is CC(=O)OC[C@H]1O[C@@H](N2c3c(c4c(c5c6c([nH]c35)=CC=[N+](Cc3ccccc3)C6)C(=O)N(C)C4=O)=C3C=CC=CC32)[C@H](OC(C)=O)[C@@H](OC(C)=O)[C@@H]1OC(C)=O. The lowest BCUT2D eigenvalue weighted by molar-refractivity contribution is -0.555. The molecule has 8 rings (SSSR count). The van der Waals surface area contributed by atoms with Crippen molar-refractivity contribution in [2.75, 3.05) is 18.6 Å². The summed E-state index contributed by atoms with van der Waals surface area (Å²) in [6.45, 7) is 5.31. The van der Waals surface area contributed by atoms with Gasteiger partial charge in [0.2, 0.25) is 0 Å². The second-order valence-corrected chi connectivity index (χ2v) is 14.3. The van der Waals surface area contributed by atoms with Crippen LogP contribution < -0.4 is 15.5 Å². The molecule has 0 saturated carbocycles. The van der Waals surface area contributed by atoms with Crippen LogP contribution in [0.1, 0.15) is 59.5 Å². The minimum atomic E-state index is -1.43. The van der Waals surface area contributed by atoms with E-state index in [0.717, 1.165) is 35.2 Å². The number of anilines is 1. The highest BCUT2D eigenvalue weighted by molar-refractivity contribution is 6.29. The molecule has 1 aliphatic carbocycles. The number of amides is 2. The Labute approximate surface area is 320 Å². The van der Waals surface area contributed by atoms with Gasteiger partial charge < -0.3 is 33.6 Å². The number of allylic oxidation sites excluding steroid dienone is 2. The Morgan fingerprint density at radius 2 is 1.55 bits per heavy atom. The van der Waals surface area contributed by atoms with E-state index in [0.29, 0.717) is 40.5 Å². The molecule has 1 N–H and O–H groups in total. The maximum absolute atomic E-state index is 14.2. The predicted molar refractivity (Wildman–Crippen MR) is 199 cm³/mol. The zero-order valence-electron chi connectivity index (χ0n) is 31.3. The number of carbonyl (C=O) groups excluding carboxylic acids is 6. The Balaban J connectivity index is 1.37. The summed E-state index contributed by atoms with van der Waals surface area (Å²) in [6, 6.07) is 9.30. The van der Waals surface area contributed by atoms with Crippen LogP contribution in [0.4, 0.5) is 5.69 Å². The van der Waals surface area contributed by atoms with E-state index >= 15 is 0 Å². The lowest BCUT2D eigenvalue weighted by atomic mass is 9.94.